The molecular formula is C21H33NO2. The second-order valence-electron chi connectivity index (χ2n) is 7.82. The monoisotopic (exact) mass is 331 g/mol. The smallest absolute Gasteiger partial charge is 0.119 e. The molecule has 1 saturated carbocycles. The van der Waals surface area contributed by atoms with E-state index in [1.54, 1.807) is 0 Å². The third kappa shape index (κ3) is 5.22. The van der Waals surface area contributed by atoms with E-state index < -0.39 is 0 Å². The summed E-state index contributed by atoms with van der Waals surface area (Å²) >= 11 is 0. The summed E-state index contributed by atoms with van der Waals surface area (Å²) in [4.78, 5) is 2.58. The second kappa shape index (κ2) is 8.87. The highest BCUT2D eigenvalue weighted by Crippen LogP contribution is 2.33. The van der Waals surface area contributed by atoms with Crippen LogP contribution in [0.5, 0.6) is 5.75 Å². The minimum atomic E-state index is -0.0771. The van der Waals surface area contributed by atoms with Gasteiger partial charge >= 0.3 is 0 Å². The Morgan fingerprint density at radius 2 is 1.83 bits per heavy atom. The molecule has 3 nitrogen and oxygen atoms in total. The number of aliphatic hydroxyl groups is 1. The molecule has 1 aliphatic heterocycles. The summed E-state index contributed by atoms with van der Waals surface area (Å²) in [5.41, 5.74) is 1.40. The molecule has 1 N–H and O–H groups in total. The Bertz CT molecular complexity index is 479. The van der Waals surface area contributed by atoms with Crippen LogP contribution in [0.25, 0.3) is 0 Å². The van der Waals surface area contributed by atoms with Gasteiger partial charge in [-0.25, -0.2) is 0 Å². The van der Waals surface area contributed by atoms with E-state index >= 15 is 0 Å². The predicted molar refractivity (Wildman–Crippen MR) is 98.6 cm³/mol. The van der Waals surface area contributed by atoms with Gasteiger partial charge in [-0.1, -0.05) is 19.1 Å². The molecule has 1 aliphatic carbocycles. The fourth-order valence-electron chi connectivity index (χ4n) is 4.21. The Labute approximate surface area is 147 Å². The first-order valence-corrected chi connectivity index (χ1v) is 9.84. The lowest BCUT2D eigenvalue weighted by atomic mass is 9.83. The Hall–Kier alpha value is -1.06. The largest absolute Gasteiger partial charge is 0.494 e. The highest BCUT2D eigenvalue weighted by molar-refractivity contribution is 5.29. The number of benzene rings is 1. The average molecular weight is 332 g/mol. The lowest BCUT2D eigenvalue weighted by Gasteiger charge is -2.30. The highest BCUT2D eigenvalue weighted by atomic mass is 16.5. The van der Waals surface area contributed by atoms with E-state index in [-0.39, 0.29) is 6.10 Å². The summed E-state index contributed by atoms with van der Waals surface area (Å²) in [5, 5.41) is 9.62. The number of nitrogens with zero attached hydrogens (tertiary/aromatic N) is 1. The highest BCUT2D eigenvalue weighted by Gasteiger charge is 2.20. The van der Waals surface area contributed by atoms with Crippen LogP contribution in [0.15, 0.2) is 24.3 Å². The zero-order chi connectivity index (χ0) is 16.8. The normalized spacial score (nSPS) is 28.7. The molecule has 0 radical (unpaired) electrons. The van der Waals surface area contributed by atoms with Gasteiger partial charge in [0.2, 0.25) is 0 Å². The number of piperidine rings is 1. The number of likely N-dealkylation sites (tertiary alicyclic amines) is 1. The molecular weight excluding hydrogens is 298 g/mol. The van der Waals surface area contributed by atoms with E-state index in [0.29, 0.717) is 5.92 Å². The molecule has 3 heteroatoms. The number of hydrogen-bond acceptors (Lipinski definition) is 3. The molecule has 3 rings (SSSR count). The van der Waals surface area contributed by atoms with Crippen molar-refractivity contribution in [2.45, 2.75) is 63.9 Å². The van der Waals surface area contributed by atoms with Gasteiger partial charge in [0.15, 0.2) is 0 Å². The van der Waals surface area contributed by atoms with Crippen molar-refractivity contribution in [3.8, 4) is 5.75 Å². The summed E-state index contributed by atoms with van der Waals surface area (Å²) in [6.07, 6.45) is 7.86. The van der Waals surface area contributed by atoms with Gasteiger partial charge in [0.1, 0.15) is 5.75 Å². The summed E-state index contributed by atoms with van der Waals surface area (Å²) < 4.78 is 5.92. The zero-order valence-electron chi connectivity index (χ0n) is 15.1. The van der Waals surface area contributed by atoms with Crippen LogP contribution >= 0.6 is 0 Å². The van der Waals surface area contributed by atoms with Crippen molar-refractivity contribution in [2.24, 2.45) is 5.92 Å². The Kier molecular flexibility index (Phi) is 6.56. The molecule has 1 aromatic rings. The number of ether oxygens (including phenoxy) is 1. The summed E-state index contributed by atoms with van der Waals surface area (Å²) in [6, 6.07) is 8.65. The van der Waals surface area contributed by atoms with Crippen molar-refractivity contribution in [1.29, 1.82) is 0 Å². The Balaban J connectivity index is 1.37. The lowest BCUT2D eigenvalue weighted by Crippen LogP contribution is -2.35. The van der Waals surface area contributed by atoms with Gasteiger partial charge in [-0.3, -0.25) is 0 Å². The maximum absolute atomic E-state index is 9.62. The first-order valence-electron chi connectivity index (χ1n) is 9.84. The van der Waals surface area contributed by atoms with E-state index in [1.807, 2.05) is 0 Å². The molecule has 0 bridgehead atoms. The molecule has 2 fully saturated rings. The van der Waals surface area contributed by atoms with Crippen LogP contribution in [0.2, 0.25) is 0 Å². The minimum absolute atomic E-state index is 0.0771. The first kappa shape index (κ1) is 17.8. The zero-order valence-corrected chi connectivity index (χ0v) is 15.1. The third-order valence-corrected chi connectivity index (χ3v) is 5.68. The van der Waals surface area contributed by atoms with Gasteiger partial charge in [-0.15, -0.1) is 0 Å². The Morgan fingerprint density at radius 1 is 1.08 bits per heavy atom. The molecule has 1 atom stereocenters. The fraction of sp³-hybridized carbons (Fsp3) is 0.714. The first-order chi connectivity index (χ1) is 11.7. The van der Waals surface area contributed by atoms with E-state index in [2.05, 4.69) is 36.1 Å². The predicted octanol–water partition coefficient (Wildman–Crippen LogP) is 4.21. The van der Waals surface area contributed by atoms with E-state index in [9.17, 15) is 5.11 Å². The van der Waals surface area contributed by atoms with Crippen LogP contribution in [0.3, 0.4) is 0 Å². The van der Waals surface area contributed by atoms with E-state index in [0.717, 1.165) is 56.9 Å². The van der Waals surface area contributed by atoms with Gasteiger partial charge in [0, 0.05) is 13.1 Å². The van der Waals surface area contributed by atoms with Crippen molar-refractivity contribution in [2.75, 3.05) is 26.2 Å². The minimum Gasteiger partial charge on any atom is -0.494 e. The molecule has 134 valence electrons. The number of aliphatic hydroxyl groups excluding tert-OH is 1. The molecule has 2 aliphatic rings. The van der Waals surface area contributed by atoms with Gasteiger partial charge < -0.3 is 14.7 Å². The molecule has 1 heterocycles. The maximum atomic E-state index is 9.62. The standard InChI is InChI=1S/C21H33NO2/c1-17-4-2-13-22(16-17)14-3-15-24-21-11-7-19(8-12-21)18-5-9-20(23)10-6-18/h7-8,11-12,17-18,20,23H,2-6,9-10,13-16H2,1H3. The van der Waals surface area contributed by atoms with E-state index in [4.69, 9.17) is 4.74 Å². The van der Waals surface area contributed by atoms with Crippen molar-refractivity contribution < 1.29 is 9.84 Å². The topological polar surface area (TPSA) is 32.7 Å². The second-order valence-corrected chi connectivity index (χ2v) is 7.82. The molecule has 0 amide bonds. The molecule has 1 saturated heterocycles. The van der Waals surface area contributed by atoms with Crippen LogP contribution < -0.4 is 4.74 Å². The molecule has 1 unspecified atom stereocenters. The summed E-state index contributed by atoms with van der Waals surface area (Å²) in [5.74, 6) is 2.46. The third-order valence-electron chi connectivity index (χ3n) is 5.68. The molecule has 24 heavy (non-hydrogen) atoms. The number of rotatable bonds is 6. The van der Waals surface area contributed by atoms with Crippen molar-refractivity contribution in [1.82, 2.24) is 4.90 Å². The van der Waals surface area contributed by atoms with Crippen LogP contribution in [0.1, 0.15) is 63.4 Å². The van der Waals surface area contributed by atoms with Crippen molar-refractivity contribution in [3.05, 3.63) is 29.8 Å². The van der Waals surface area contributed by atoms with Crippen LogP contribution in [-0.2, 0) is 0 Å². The molecule has 0 aromatic heterocycles. The summed E-state index contributed by atoms with van der Waals surface area (Å²) in [7, 11) is 0. The maximum Gasteiger partial charge on any atom is 0.119 e. The quantitative estimate of drug-likeness (QED) is 0.793. The van der Waals surface area contributed by atoms with Crippen molar-refractivity contribution in [3.63, 3.8) is 0 Å². The van der Waals surface area contributed by atoms with Gasteiger partial charge in [0.05, 0.1) is 12.7 Å². The van der Waals surface area contributed by atoms with Gasteiger partial charge in [-0.2, -0.15) is 0 Å². The number of hydrogen-bond donors (Lipinski definition) is 1. The SMILES string of the molecule is CC1CCCN(CCCOc2ccc(C3CCC(O)CC3)cc2)C1. The molecule has 0 spiro atoms. The van der Waals surface area contributed by atoms with Crippen LogP contribution in [-0.4, -0.2) is 42.4 Å². The van der Waals surface area contributed by atoms with E-state index in [1.165, 1.54) is 31.5 Å². The van der Waals surface area contributed by atoms with Crippen LogP contribution in [0.4, 0.5) is 0 Å². The van der Waals surface area contributed by atoms with Crippen LogP contribution in [0, 0.1) is 5.92 Å². The molecule has 1 aromatic carbocycles. The summed E-state index contributed by atoms with van der Waals surface area (Å²) in [6.45, 7) is 6.84. The van der Waals surface area contributed by atoms with Gasteiger partial charge in [0.25, 0.3) is 0 Å². The Morgan fingerprint density at radius 3 is 2.54 bits per heavy atom. The fourth-order valence-corrected chi connectivity index (χ4v) is 4.21. The lowest BCUT2D eigenvalue weighted by molar-refractivity contribution is 0.122. The average Bonchev–Trinajstić information content (AvgIpc) is 2.60. The van der Waals surface area contributed by atoms with Gasteiger partial charge in [-0.05, 0) is 81.0 Å². The van der Waals surface area contributed by atoms with Crippen molar-refractivity contribution >= 4 is 0 Å².